The largest absolute Gasteiger partial charge is 0.462 e. The summed E-state index contributed by atoms with van der Waals surface area (Å²) < 4.78 is 4.55. The molecule has 0 spiro atoms. The molecule has 0 amide bonds. The van der Waals surface area contributed by atoms with E-state index in [4.69, 9.17) is 0 Å². The van der Waals surface area contributed by atoms with Crippen LogP contribution in [0.4, 0.5) is 5.82 Å². The number of hydrogen-bond acceptors (Lipinski definition) is 6. The number of aromatic amines is 1. The molecule has 0 aliphatic carbocycles. The van der Waals surface area contributed by atoms with Gasteiger partial charge in [0, 0.05) is 32.4 Å². The number of rotatable bonds is 2. The second-order valence-corrected chi connectivity index (χ2v) is 6.00. The van der Waals surface area contributed by atoms with E-state index in [1.165, 1.54) is 0 Å². The maximum atomic E-state index is 9.60. The van der Waals surface area contributed by atoms with Gasteiger partial charge in [-0.2, -0.15) is 0 Å². The smallest absolute Gasteiger partial charge is 0.293 e. The molecule has 2 N–H and O–H groups in total. The van der Waals surface area contributed by atoms with E-state index >= 15 is 0 Å². The van der Waals surface area contributed by atoms with Gasteiger partial charge in [-0.05, 0) is 26.8 Å². The summed E-state index contributed by atoms with van der Waals surface area (Å²) >= 11 is 0. The summed E-state index contributed by atoms with van der Waals surface area (Å²) in [4.78, 5) is 23.7. The number of ether oxygens (including phenoxy) is 1. The Morgan fingerprint density at radius 1 is 1.27 bits per heavy atom. The van der Waals surface area contributed by atoms with Gasteiger partial charge in [0.05, 0.1) is 5.52 Å². The van der Waals surface area contributed by atoms with E-state index in [9.17, 15) is 4.79 Å². The summed E-state index contributed by atoms with van der Waals surface area (Å²) in [6.07, 6.45) is 3.54. The van der Waals surface area contributed by atoms with Crippen molar-refractivity contribution in [1.29, 1.82) is 0 Å². The Bertz CT molecular complexity index is 599. The van der Waals surface area contributed by atoms with Crippen LogP contribution in [0.15, 0.2) is 18.6 Å². The van der Waals surface area contributed by atoms with Crippen molar-refractivity contribution in [2.75, 3.05) is 31.1 Å². The molecule has 3 rings (SSSR count). The highest BCUT2D eigenvalue weighted by atomic mass is 16.5. The van der Waals surface area contributed by atoms with E-state index in [0.717, 1.165) is 43.0 Å². The van der Waals surface area contributed by atoms with Gasteiger partial charge in [-0.15, -0.1) is 0 Å². The number of anilines is 1. The Morgan fingerprint density at radius 2 is 2.00 bits per heavy atom. The van der Waals surface area contributed by atoms with Gasteiger partial charge in [-0.25, -0.2) is 9.97 Å². The molecule has 0 unspecified atom stereocenters. The quantitative estimate of drug-likeness (QED) is 0.814. The molecule has 1 aliphatic heterocycles. The Labute approximate surface area is 130 Å². The molecule has 7 heteroatoms. The first-order valence-electron chi connectivity index (χ1n) is 7.36. The van der Waals surface area contributed by atoms with E-state index in [-0.39, 0.29) is 5.60 Å². The number of fused-ring (bicyclic) bond motifs is 1. The standard InChI is InChI=1S/C10H13N5.C5H10O2/c1-2-12-9-8(1)13-7-14-10(9)15-5-3-11-4-6-15;1-5(2,3)7-4-6/h1-2,7,11-12H,3-6H2;4H,1-3H3. The first-order chi connectivity index (χ1) is 10.5. The lowest BCUT2D eigenvalue weighted by Crippen LogP contribution is -2.44. The van der Waals surface area contributed by atoms with Gasteiger partial charge >= 0.3 is 0 Å². The fourth-order valence-corrected chi connectivity index (χ4v) is 2.12. The van der Waals surface area contributed by atoms with Crippen molar-refractivity contribution in [3.05, 3.63) is 18.6 Å². The topological polar surface area (TPSA) is 83.1 Å². The fourth-order valence-electron chi connectivity index (χ4n) is 2.12. The van der Waals surface area contributed by atoms with Crippen molar-refractivity contribution in [2.45, 2.75) is 26.4 Å². The molecule has 0 atom stereocenters. The third-order valence-corrected chi connectivity index (χ3v) is 3.14. The van der Waals surface area contributed by atoms with Gasteiger partial charge in [0.1, 0.15) is 17.4 Å². The molecule has 3 heterocycles. The number of carbonyl (C=O) groups is 1. The van der Waals surface area contributed by atoms with Gasteiger partial charge in [0.15, 0.2) is 5.82 Å². The van der Waals surface area contributed by atoms with E-state index in [1.807, 2.05) is 33.0 Å². The summed E-state index contributed by atoms with van der Waals surface area (Å²) in [6.45, 7) is 9.97. The van der Waals surface area contributed by atoms with Crippen molar-refractivity contribution >= 4 is 23.3 Å². The Balaban J connectivity index is 0.000000217. The van der Waals surface area contributed by atoms with Crippen LogP contribution in [0.2, 0.25) is 0 Å². The van der Waals surface area contributed by atoms with Gasteiger partial charge in [0.2, 0.25) is 0 Å². The first kappa shape index (κ1) is 16.2. The molecular formula is C15H23N5O2. The van der Waals surface area contributed by atoms with Gasteiger partial charge < -0.3 is 19.9 Å². The summed E-state index contributed by atoms with van der Waals surface area (Å²) in [5.74, 6) is 1.02. The molecule has 22 heavy (non-hydrogen) atoms. The van der Waals surface area contributed by atoms with Crippen LogP contribution >= 0.6 is 0 Å². The lowest BCUT2D eigenvalue weighted by atomic mass is 10.2. The average molecular weight is 305 g/mol. The number of H-pyrrole nitrogens is 1. The van der Waals surface area contributed by atoms with E-state index in [1.54, 1.807) is 6.33 Å². The molecule has 2 aromatic heterocycles. The molecule has 1 aliphatic rings. The highest BCUT2D eigenvalue weighted by molar-refractivity contribution is 5.85. The normalized spacial score (nSPS) is 15.1. The van der Waals surface area contributed by atoms with Crippen LogP contribution in [-0.4, -0.2) is 53.2 Å². The van der Waals surface area contributed by atoms with Crippen molar-refractivity contribution < 1.29 is 9.53 Å². The van der Waals surface area contributed by atoms with Crippen LogP contribution in [-0.2, 0) is 9.53 Å². The maximum Gasteiger partial charge on any atom is 0.293 e. The van der Waals surface area contributed by atoms with E-state index < -0.39 is 0 Å². The zero-order chi connectivity index (χ0) is 16.0. The maximum absolute atomic E-state index is 9.60. The minimum absolute atomic E-state index is 0.318. The predicted molar refractivity (Wildman–Crippen MR) is 85.9 cm³/mol. The number of nitrogens with zero attached hydrogens (tertiary/aromatic N) is 3. The van der Waals surface area contributed by atoms with E-state index in [2.05, 4.69) is 29.9 Å². The Morgan fingerprint density at radius 3 is 2.59 bits per heavy atom. The van der Waals surface area contributed by atoms with Gasteiger partial charge in [-0.3, -0.25) is 4.79 Å². The van der Waals surface area contributed by atoms with Crippen LogP contribution in [0.3, 0.4) is 0 Å². The monoisotopic (exact) mass is 305 g/mol. The molecular weight excluding hydrogens is 282 g/mol. The molecule has 1 fully saturated rings. The summed E-state index contributed by atoms with van der Waals surface area (Å²) in [5, 5.41) is 3.33. The zero-order valence-corrected chi connectivity index (χ0v) is 13.3. The van der Waals surface area contributed by atoms with E-state index in [0.29, 0.717) is 6.47 Å². The predicted octanol–water partition coefficient (Wildman–Crippen LogP) is 1.33. The van der Waals surface area contributed by atoms with Crippen LogP contribution in [0, 0.1) is 0 Å². The number of carbonyl (C=O) groups excluding carboxylic acids is 1. The molecule has 0 radical (unpaired) electrons. The van der Waals surface area contributed by atoms with Crippen molar-refractivity contribution in [2.24, 2.45) is 0 Å². The van der Waals surface area contributed by atoms with Crippen LogP contribution < -0.4 is 10.2 Å². The van der Waals surface area contributed by atoms with Crippen molar-refractivity contribution in [3.63, 3.8) is 0 Å². The molecule has 2 aromatic rings. The van der Waals surface area contributed by atoms with Crippen LogP contribution in [0.1, 0.15) is 20.8 Å². The first-order valence-corrected chi connectivity index (χ1v) is 7.36. The lowest BCUT2D eigenvalue weighted by Gasteiger charge is -2.28. The molecule has 0 aromatic carbocycles. The van der Waals surface area contributed by atoms with Crippen molar-refractivity contribution in [3.8, 4) is 0 Å². The number of hydrogen-bond donors (Lipinski definition) is 2. The highest BCUT2D eigenvalue weighted by Crippen LogP contribution is 2.20. The molecule has 7 nitrogen and oxygen atoms in total. The summed E-state index contributed by atoms with van der Waals surface area (Å²) in [6, 6.07) is 1.97. The molecule has 0 saturated carbocycles. The van der Waals surface area contributed by atoms with Gasteiger partial charge in [0.25, 0.3) is 6.47 Å². The fraction of sp³-hybridized carbons (Fsp3) is 0.533. The molecule has 120 valence electrons. The molecule has 0 bridgehead atoms. The lowest BCUT2D eigenvalue weighted by molar-refractivity contribution is -0.138. The third-order valence-electron chi connectivity index (χ3n) is 3.14. The Kier molecular flexibility index (Phi) is 5.32. The third kappa shape index (κ3) is 4.42. The minimum atomic E-state index is -0.318. The molecule has 1 saturated heterocycles. The SMILES string of the molecule is CC(C)(C)OC=O.c1nc(N2CCNCC2)c2[nH]ccc2n1. The number of aromatic nitrogens is 3. The average Bonchev–Trinajstić information content (AvgIpc) is 2.96. The number of piperazine rings is 1. The zero-order valence-electron chi connectivity index (χ0n) is 13.3. The van der Waals surface area contributed by atoms with Crippen LogP contribution in [0.5, 0.6) is 0 Å². The van der Waals surface area contributed by atoms with Gasteiger partial charge in [-0.1, -0.05) is 0 Å². The number of nitrogens with one attached hydrogen (secondary N) is 2. The second-order valence-electron chi connectivity index (χ2n) is 6.00. The Hall–Kier alpha value is -2.15. The summed E-state index contributed by atoms with van der Waals surface area (Å²) in [5.41, 5.74) is 1.71. The minimum Gasteiger partial charge on any atom is -0.462 e. The highest BCUT2D eigenvalue weighted by Gasteiger charge is 2.15. The van der Waals surface area contributed by atoms with Crippen molar-refractivity contribution in [1.82, 2.24) is 20.3 Å². The second kappa shape index (κ2) is 7.22. The van der Waals surface area contributed by atoms with Crippen LogP contribution in [0.25, 0.3) is 11.0 Å². The summed E-state index contributed by atoms with van der Waals surface area (Å²) in [7, 11) is 0.